The molecule has 0 saturated carbocycles. The summed E-state index contributed by atoms with van der Waals surface area (Å²) in [5, 5.41) is 2.78. The fraction of sp³-hybridized carbons (Fsp3) is 0.556. The number of anilines is 1. The van der Waals surface area contributed by atoms with Crippen LogP contribution in [0.5, 0.6) is 0 Å². The largest absolute Gasteiger partial charge is 0.455 e. The third kappa shape index (κ3) is 6.02. The lowest BCUT2D eigenvalue weighted by Crippen LogP contribution is -2.23. The van der Waals surface area contributed by atoms with Crippen molar-refractivity contribution in [3.8, 4) is 0 Å². The Morgan fingerprint density at radius 3 is 2.42 bits per heavy atom. The van der Waals surface area contributed by atoms with Gasteiger partial charge in [-0.25, -0.2) is 8.42 Å². The van der Waals surface area contributed by atoms with Gasteiger partial charge < -0.3 is 10.1 Å². The number of nitrogens with one attached hydrogen (secondary N) is 1. The highest BCUT2D eigenvalue weighted by Gasteiger charge is 2.28. The van der Waals surface area contributed by atoms with Crippen LogP contribution in [0.2, 0.25) is 0 Å². The van der Waals surface area contributed by atoms with Crippen LogP contribution in [0.3, 0.4) is 0 Å². The first-order valence-electron chi connectivity index (χ1n) is 8.73. The predicted molar refractivity (Wildman–Crippen MR) is 104 cm³/mol. The molecule has 0 spiro atoms. The van der Waals surface area contributed by atoms with Gasteiger partial charge in [0.25, 0.3) is 5.91 Å². The standard InChI is InChI=1S/C18H25NO5S2/c1-3-13-6-5-7-14(4-2)18(13)19-16(20)10-24-17(21)11-25-15-8-9-26(22,23)12-15/h5-7,15H,3-4,8-12H2,1-2H3,(H,19,20)/t15-/m1/s1. The lowest BCUT2D eigenvalue weighted by molar-refractivity contribution is -0.144. The number of para-hydroxylation sites is 1. The summed E-state index contributed by atoms with van der Waals surface area (Å²) < 4.78 is 27.8. The minimum Gasteiger partial charge on any atom is -0.455 e. The smallest absolute Gasteiger partial charge is 0.316 e. The maximum absolute atomic E-state index is 12.1. The van der Waals surface area contributed by atoms with Gasteiger partial charge in [-0.1, -0.05) is 32.0 Å². The highest BCUT2D eigenvalue weighted by atomic mass is 32.2. The molecule has 6 nitrogen and oxygen atoms in total. The molecule has 1 fully saturated rings. The lowest BCUT2D eigenvalue weighted by Gasteiger charge is -2.14. The quantitative estimate of drug-likeness (QED) is 0.674. The normalized spacial score (nSPS) is 18.5. The Labute approximate surface area is 159 Å². The molecule has 144 valence electrons. The molecule has 1 aliphatic rings. The van der Waals surface area contributed by atoms with E-state index in [1.54, 1.807) is 0 Å². The Morgan fingerprint density at radius 1 is 1.23 bits per heavy atom. The van der Waals surface area contributed by atoms with Crippen molar-refractivity contribution in [2.24, 2.45) is 0 Å². The number of benzene rings is 1. The molecule has 1 aromatic carbocycles. The van der Waals surface area contributed by atoms with E-state index in [1.807, 2.05) is 32.0 Å². The fourth-order valence-corrected chi connectivity index (χ4v) is 6.28. The molecule has 1 aromatic rings. The van der Waals surface area contributed by atoms with Crippen molar-refractivity contribution < 1.29 is 22.7 Å². The van der Waals surface area contributed by atoms with Crippen molar-refractivity contribution in [1.82, 2.24) is 0 Å². The molecule has 2 rings (SSSR count). The van der Waals surface area contributed by atoms with Crippen LogP contribution in [-0.4, -0.2) is 49.4 Å². The number of amides is 1. The van der Waals surface area contributed by atoms with E-state index in [0.717, 1.165) is 29.7 Å². The average Bonchev–Trinajstić information content (AvgIpc) is 2.97. The van der Waals surface area contributed by atoms with Crippen LogP contribution in [0.1, 0.15) is 31.4 Å². The fourth-order valence-electron chi connectivity index (χ4n) is 2.84. The van der Waals surface area contributed by atoms with E-state index in [9.17, 15) is 18.0 Å². The van der Waals surface area contributed by atoms with E-state index < -0.39 is 15.8 Å². The Bertz CT molecular complexity index is 739. The van der Waals surface area contributed by atoms with Crippen molar-refractivity contribution in [2.75, 3.05) is 29.2 Å². The number of carbonyl (C=O) groups excluding carboxylic acids is 2. The number of sulfone groups is 1. The number of esters is 1. The molecule has 0 aliphatic carbocycles. The predicted octanol–water partition coefficient (Wildman–Crippen LogP) is 2.21. The highest BCUT2D eigenvalue weighted by molar-refractivity contribution is 8.02. The van der Waals surface area contributed by atoms with E-state index in [1.165, 1.54) is 11.8 Å². The molecule has 1 saturated heterocycles. The van der Waals surface area contributed by atoms with Crippen LogP contribution in [-0.2, 0) is 37.0 Å². The summed E-state index contributed by atoms with van der Waals surface area (Å²) in [4.78, 5) is 23.9. The second kappa shape index (κ2) is 9.41. The van der Waals surface area contributed by atoms with Crippen LogP contribution in [0.4, 0.5) is 5.69 Å². The van der Waals surface area contributed by atoms with Crippen molar-refractivity contribution in [2.45, 2.75) is 38.4 Å². The Hall–Kier alpha value is -1.54. The van der Waals surface area contributed by atoms with Gasteiger partial charge in [-0.3, -0.25) is 9.59 Å². The van der Waals surface area contributed by atoms with Crippen LogP contribution in [0, 0.1) is 0 Å². The summed E-state index contributed by atoms with van der Waals surface area (Å²) >= 11 is 1.28. The molecule has 0 bridgehead atoms. The van der Waals surface area contributed by atoms with E-state index in [4.69, 9.17) is 4.74 Å². The van der Waals surface area contributed by atoms with Gasteiger partial charge in [0.2, 0.25) is 0 Å². The van der Waals surface area contributed by atoms with E-state index in [0.29, 0.717) is 6.42 Å². The van der Waals surface area contributed by atoms with Crippen molar-refractivity contribution >= 4 is 39.2 Å². The van der Waals surface area contributed by atoms with Crippen LogP contribution < -0.4 is 5.32 Å². The molecule has 1 amide bonds. The summed E-state index contributed by atoms with van der Waals surface area (Å²) in [6.07, 6.45) is 2.16. The second-order valence-electron chi connectivity index (χ2n) is 6.20. The monoisotopic (exact) mass is 399 g/mol. The zero-order valence-corrected chi connectivity index (χ0v) is 16.7. The molecule has 1 N–H and O–H groups in total. The summed E-state index contributed by atoms with van der Waals surface area (Å²) in [7, 11) is -2.95. The van der Waals surface area contributed by atoms with Gasteiger partial charge in [0.05, 0.1) is 17.3 Å². The molecular formula is C18H25NO5S2. The number of thioether (sulfide) groups is 1. The molecular weight excluding hydrogens is 374 g/mol. The SMILES string of the molecule is CCc1cccc(CC)c1NC(=O)COC(=O)CS[C@@H]1CCS(=O)(=O)C1. The molecule has 0 aromatic heterocycles. The zero-order chi connectivity index (χ0) is 19.2. The number of aryl methyl sites for hydroxylation is 2. The maximum atomic E-state index is 12.1. The average molecular weight is 400 g/mol. The molecule has 0 radical (unpaired) electrons. The van der Waals surface area contributed by atoms with Crippen LogP contribution >= 0.6 is 11.8 Å². The van der Waals surface area contributed by atoms with Gasteiger partial charge in [-0.15, -0.1) is 11.8 Å². The lowest BCUT2D eigenvalue weighted by atomic mass is 10.0. The first-order valence-corrected chi connectivity index (χ1v) is 11.6. The van der Waals surface area contributed by atoms with E-state index in [2.05, 4.69) is 5.32 Å². The van der Waals surface area contributed by atoms with Crippen molar-refractivity contribution in [3.63, 3.8) is 0 Å². The minimum atomic E-state index is -2.95. The molecule has 1 atom stereocenters. The number of ether oxygens (including phenoxy) is 1. The molecule has 1 heterocycles. The van der Waals surface area contributed by atoms with Gasteiger partial charge in [0.1, 0.15) is 0 Å². The van der Waals surface area contributed by atoms with Gasteiger partial charge in [-0.2, -0.15) is 0 Å². The Kier molecular flexibility index (Phi) is 7.52. The van der Waals surface area contributed by atoms with E-state index in [-0.39, 0.29) is 35.0 Å². The molecule has 8 heteroatoms. The van der Waals surface area contributed by atoms with Crippen LogP contribution in [0.15, 0.2) is 18.2 Å². The Balaban J connectivity index is 1.79. The highest BCUT2D eigenvalue weighted by Crippen LogP contribution is 2.24. The zero-order valence-electron chi connectivity index (χ0n) is 15.1. The van der Waals surface area contributed by atoms with Gasteiger partial charge >= 0.3 is 5.97 Å². The summed E-state index contributed by atoms with van der Waals surface area (Å²) in [6, 6.07) is 5.90. The molecule has 26 heavy (non-hydrogen) atoms. The third-order valence-electron chi connectivity index (χ3n) is 4.26. The summed E-state index contributed by atoms with van der Waals surface area (Å²) in [5.74, 6) is -0.534. The number of carbonyl (C=O) groups is 2. The maximum Gasteiger partial charge on any atom is 0.316 e. The first-order chi connectivity index (χ1) is 12.3. The summed E-state index contributed by atoms with van der Waals surface area (Å²) in [6.45, 7) is 3.69. The number of rotatable bonds is 8. The molecule has 1 aliphatic heterocycles. The minimum absolute atomic E-state index is 0.0548. The number of hydrogen-bond acceptors (Lipinski definition) is 6. The van der Waals surface area contributed by atoms with Crippen molar-refractivity contribution in [1.29, 1.82) is 0 Å². The number of hydrogen-bond donors (Lipinski definition) is 1. The second-order valence-corrected chi connectivity index (χ2v) is 9.72. The van der Waals surface area contributed by atoms with E-state index >= 15 is 0 Å². The van der Waals surface area contributed by atoms with Gasteiger partial charge in [0, 0.05) is 10.9 Å². The van der Waals surface area contributed by atoms with Crippen LogP contribution in [0.25, 0.3) is 0 Å². The van der Waals surface area contributed by atoms with Gasteiger partial charge in [0.15, 0.2) is 16.4 Å². The molecule has 0 unspecified atom stereocenters. The Morgan fingerprint density at radius 2 is 1.88 bits per heavy atom. The summed E-state index contributed by atoms with van der Waals surface area (Å²) in [5.41, 5.74) is 2.88. The topological polar surface area (TPSA) is 89.5 Å². The van der Waals surface area contributed by atoms with Gasteiger partial charge in [-0.05, 0) is 30.4 Å². The first kappa shape index (κ1) is 20.8. The third-order valence-corrected chi connectivity index (χ3v) is 7.51. The van der Waals surface area contributed by atoms with Crippen molar-refractivity contribution in [3.05, 3.63) is 29.3 Å².